The summed E-state index contributed by atoms with van der Waals surface area (Å²) in [6.07, 6.45) is 7.23. The van der Waals surface area contributed by atoms with Crippen LogP contribution in [-0.4, -0.2) is 40.9 Å². The zero-order valence-electron chi connectivity index (χ0n) is 13.2. The van der Waals surface area contributed by atoms with Crippen molar-refractivity contribution in [2.75, 3.05) is 26.2 Å². The SMILES string of the molecule is CCCCN(CCCC)C(Cl)=[N+](CCC)CCC.[Cl-]. The van der Waals surface area contributed by atoms with Crippen molar-refractivity contribution < 1.29 is 17.0 Å². The van der Waals surface area contributed by atoms with Crippen LogP contribution in [0.1, 0.15) is 66.2 Å². The largest absolute Gasteiger partial charge is 1.00 e. The molecule has 0 amide bonds. The number of hydrogen-bond donors (Lipinski definition) is 0. The molecule has 0 unspecified atom stereocenters. The molecule has 2 nitrogen and oxygen atoms in total. The fourth-order valence-electron chi connectivity index (χ4n) is 2.03. The fourth-order valence-corrected chi connectivity index (χ4v) is 2.37. The molecule has 0 aliphatic heterocycles. The molecule has 0 aliphatic carbocycles. The lowest BCUT2D eigenvalue weighted by Crippen LogP contribution is -3.00. The predicted molar refractivity (Wildman–Crippen MR) is 82.8 cm³/mol. The van der Waals surface area contributed by atoms with Gasteiger partial charge in [0.05, 0.1) is 26.2 Å². The summed E-state index contributed by atoms with van der Waals surface area (Å²) in [5.41, 5.74) is 0. The highest BCUT2D eigenvalue weighted by Gasteiger charge is 2.19. The summed E-state index contributed by atoms with van der Waals surface area (Å²) < 4.78 is 2.34. The van der Waals surface area contributed by atoms with Gasteiger partial charge >= 0.3 is 5.29 Å². The molecular formula is C15H32Cl2N2. The van der Waals surface area contributed by atoms with Crippen molar-refractivity contribution >= 4 is 16.9 Å². The molecule has 0 aromatic heterocycles. The maximum atomic E-state index is 6.61. The molecule has 0 atom stereocenters. The zero-order valence-corrected chi connectivity index (χ0v) is 14.7. The Bertz CT molecular complexity index is 214. The van der Waals surface area contributed by atoms with Gasteiger partial charge in [0.25, 0.3) is 0 Å². The van der Waals surface area contributed by atoms with Crippen LogP contribution < -0.4 is 12.4 Å². The van der Waals surface area contributed by atoms with Gasteiger partial charge in [-0.15, -0.1) is 0 Å². The van der Waals surface area contributed by atoms with Crippen molar-refractivity contribution in [2.45, 2.75) is 66.2 Å². The Morgan fingerprint density at radius 1 is 0.842 bits per heavy atom. The molecule has 0 rings (SSSR count). The molecule has 0 saturated carbocycles. The van der Waals surface area contributed by atoms with E-state index in [0.717, 1.165) is 44.3 Å². The Morgan fingerprint density at radius 3 is 1.58 bits per heavy atom. The molecule has 0 saturated heterocycles. The average Bonchev–Trinajstić information content (AvgIpc) is 2.38. The lowest BCUT2D eigenvalue weighted by atomic mass is 10.3. The summed E-state index contributed by atoms with van der Waals surface area (Å²) >= 11 is 6.61. The first-order chi connectivity index (χ1) is 8.71. The average molecular weight is 311 g/mol. The maximum absolute atomic E-state index is 6.61. The molecular weight excluding hydrogens is 279 g/mol. The number of unbranched alkanes of at least 4 members (excludes halogenated alkanes) is 2. The number of rotatable bonds is 10. The molecule has 4 heteroatoms. The summed E-state index contributed by atoms with van der Waals surface area (Å²) in [6.45, 7) is 13.2. The van der Waals surface area contributed by atoms with Crippen LogP contribution in [0.3, 0.4) is 0 Å². The van der Waals surface area contributed by atoms with Gasteiger partial charge in [0.1, 0.15) is 0 Å². The molecule has 19 heavy (non-hydrogen) atoms. The highest BCUT2D eigenvalue weighted by molar-refractivity contribution is 6.63. The maximum Gasteiger partial charge on any atom is 0.345 e. The normalized spacial score (nSPS) is 9.95. The van der Waals surface area contributed by atoms with Crippen molar-refractivity contribution in [3.8, 4) is 0 Å². The van der Waals surface area contributed by atoms with Crippen LogP contribution in [0.5, 0.6) is 0 Å². The van der Waals surface area contributed by atoms with E-state index >= 15 is 0 Å². The van der Waals surface area contributed by atoms with Crippen LogP contribution in [0.4, 0.5) is 0 Å². The molecule has 0 aromatic rings. The molecule has 0 bridgehead atoms. The second-order valence-electron chi connectivity index (χ2n) is 4.95. The first-order valence-electron chi connectivity index (χ1n) is 7.73. The number of amidine groups is 1. The van der Waals surface area contributed by atoms with E-state index in [1.54, 1.807) is 0 Å². The molecule has 0 N–H and O–H groups in total. The molecule has 0 aromatic carbocycles. The van der Waals surface area contributed by atoms with Gasteiger partial charge in [-0.3, -0.25) is 9.48 Å². The Labute approximate surface area is 131 Å². The second-order valence-corrected chi connectivity index (χ2v) is 5.29. The number of hydrogen-bond acceptors (Lipinski definition) is 0. The van der Waals surface area contributed by atoms with Gasteiger partial charge in [-0.2, -0.15) is 0 Å². The minimum absolute atomic E-state index is 0. The molecule has 116 valence electrons. The standard InChI is InChI=1S/C15H32ClN2.ClH/c1-5-9-13-18(14-10-6-2)15(16)17(11-7-3)12-8-4;/h5-14H2,1-4H3;1H/q+1;/p-1. The van der Waals surface area contributed by atoms with Crippen LogP contribution in [0.2, 0.25) is 0 Å². The van der Waals surface area contributed by atoms with E-state index in [0.29, 0.717) is 0 Å². The third-order valence-corrected chi connectivity index (χ3v) is 3.55. The second kappa shape index (κ2) is 14.5. The van der Waals surface area contributed by atoms with Gasteiger partial charge in [0.2, 0.25) is 0 Å². The molecule has 0 fully saturated rings. The molecule has 0 radical (unpaired) electrons. The number of nitrogens with zero attached hydrogens (tertiary/aromatic N) is 2. The van der Waals surface area contributed by atoms with E-state index in [4.69, 9.17) is 11.6 Å². The topological polar surface area (TPSA) is 6.25 Å². The lowest BCUT2D eigenvalue weighted by Gasteiger charge is -2.18. The van der Waals surface area contributed by atoms with Gasteiger partial charge < -0.3 is 12.4 Å². The van der Waals surface area contributed by atoms with E-state index in [1.807, 2.05) is 0 Å². The van der Waals surface area contributed by atoms with E-state index < -0.39 is 0 Å². The lowest BCUT2D eigenvalue weighted by molar-refractivity contribution is -0.530. The monoisotopic (exact) mass is 310 g/mol. The molecule has 0 aliphatic rings. The fraction of sp³-hybridized carbons (Fsp3) is 0.933. The van der Waals surface area contributed by atoms with Gasteiger partial charge in [-0.1, -0.05) is 40.5 Å². The van der Waals surface area contributed by atoms with Crippen molar-refractivity contribution in [1.82, 2.24) is 4.90 Å². The Hall–Kier alpha value is 0.0500. The van der Waals surface area contributed by atoms with Crippen molar-refractivity contribution in [3.05, 3.63) is 0 Å². The van der Waals surface area contributed by atoms with E-state index in [1.165, 1.54) is 25.7 Å². The molecule has 0 spiro atoms. The minimum Gasteiger partial charge on any atom is -1.00 e. The van der Waals surface area contributed by atoms with E-state index in [-0.39, 0.29) is 12.4 Å². The highest BCUT2D eigenvalue weighted by Crippen LogP contribution is 2.05. The van der Waals surface area contributed by atoms with E-state index in [2.05, 4.69) is 37.2 Å². The summed E-state index contributed by atoms with van der Waals surface area (Å²) in [5.74, 6) is 0. The van der Waals surface area contributed by atoms with Crippen LogP contribution in [-0.2, 0) is 0 Å². The van der Waals surface area contributed by atoms with Gasteiger partial charge in [-0.05, 0) is 25.7 Å². The smallest absolute Gasteiger partial charge is 0.345 e. The van der Waals surface area contributed by atoms with Gasteiger partial charge in [-0.25, -0.2) is 0 Å². The van der Waals surface area contributed by atoms with Crippen LogP contribution in [0.25, 0.3) is 0 Å². The Morgan fingerprint density at radius 2 is 1.26 bits per heavy atom. The Kier molecular flexibility index (Phi) is 16.2. The summed E-state index contributed by atoms with van der Waals surface area (Å²) in [5, 5.41) is 0.973. The highest BCUT2D eigenvalue weighted by atomic mass is 35.5. The van der Waals surface area contributed by atoms with Gasteiger partial charge in [0.15, 0.2) is 0 Å². The summed E-state index contributed by atoms with van der Waals surface area (Å²) in [4.78, 5) is 2.37. The van der Waals surface area contributed by atoms with E-state index in [9.17, 15) is 0 Å². The third-order valence-electron chi connectivity index (χ3n) is 3.07. The quantitative estimate of drug-likeness (QED) is 0.255. The predicted octanol–water partition coefficient (Wildman–Crippen LogP) is 1.32. The zero-order chi connectivity index (χ0) is 13.8. The summed E-state index contributed by atoms with van der Waals surface area (Å²) in [7, 11) is 0. The first kappa shape index (κ1) is 21.4. The van der Waals surface area contributed by atoms with Crippen LogP contribution >= 0.6 is 11.6 Å². The Balaban J connectivity index is 0. The number of halogens is 2. The van der Waals surface area contributed by atoms with Gasteiger partial charge in [0, 0.05) is 11.6 Å². The van der Waals surface area contributed by atoms with Crippen molar-refractivity contribution in [2.24, 2.45) is 0 Å². The van der Waals surface area contributed by atoms with Crippen LogP contribution in [0, 0.1) is 0 Å². The third kappa shape index (κ3) is 9.56. The minimum atomic E-state index is 0. The summed E-state index contributed by atoms with van der Waals surface area (Å²) in [6, 6.07) is 0. The van der Waals surface area contributed by atoms with Crippen LogP contribution in [0.15, 0.2) is 0 Å². The van der Waals surface area contributed by atoms with Crippen molar-refractivity contribution in [3.63, 3.8) is 0 Å². The molecule has 0 heterocycles. The first-order valence-corrected chi connectivity index (χ1v) is 8.11. The van der Waals surface area contributed by atoms with Crippen molar-refractivity contribution in [1.29, 1.82) is 0 Å².